The van der Waals surface area contributed by atoms with Gasteiger partial charge in [-0.25, -0.2) is 0 Å². The fourth-order valence-corrected chi connectivity index (χ4v) is 2.04. The highest BCUT2D eigenvalue weighted by Crippen LogP contribution is 2.26. The van der Waals surface area contributed by atoms with Crippen molar-refractivity contribution in [2.24, 2.45) is 5.92 Å². The third-order valence-corrected chi connectivity index (χ3v) is 2.98. The molecule has 2 heteroatoms. The topological polar surface area (TPSA) is 35.8 Å². The van der Waals surface area contributed by atoms with Crippen molar-refractivity contribution >= 4 is 0 Å². The summed E-state index contributed by atoms with van der Waals surface area (Å²) in [4.78, 5) is 0. The molecular formula is C11H20N2. The smallest absolute Gasteiger partial charge is 0.0950 e. The molecule has 2 nitrogen and oxygen atoms in total. The summed E-state index contributed by atoms with van der Waals surface area (Å²) >= 11 is 0. The first kappa shape index (κ1) is 10.5. The lowest BCUT2D eigenvalue weighted by molar-refractivity contribution is 0.461. The molecule has 1 N–H and O–H groups in total. The molecule has 0 radical (unpaired) electrons. The summed E-state index contributed by atoms with van der Waals surface area (Å²) in [5.41, 5.74) is 0. The van der Waals surface area contributed by atoms with Crippen molar-refractivity contribution in [3.8, 4) is 6.07 Å². The van der Waals surface area contributed by atoms with Crippen LogP contribution in [-0.4, -0.2) is 12.6 Å². The molecule has 13 heavy (non-hydrogen) atoms. The van der Waals surface area contributed by atoms with Crippen molar-refractivity contribution in [2.75, 3.05) is 6.54 Å². The quantitative estimate of drug-likeness (QED) is 0.705. The van der Waals surface area contributed by atoms with Crippen molar-refractivity contribution in [1.82, 2.24) is 5.32 Å². The highest BCUT2D eigenvalue weighted by atomic mass is 14.9. The van der Waals surface area contributed by atoms with Crippen LogP contribution in [0.2, 0.25) is 0 Å². The maximum Gasteiger partial charge on any atom is 0.0950 e. The largest absolute Gasteiger partial charge is 0.302 e. The molecule has 0 heterocycles. The highest BCUT2D eigenvalue weighted by molar-refractivity contribution is 4.88. The van der Waals surface area contributed by atoms with Crippen LogP contribution in [0.5, 0.6) is 0 Å². The van der Waals surface area contributed by atoms with E-state index in [2.05, 4.69) is 18.3 Å². The fourth-order valence-electron chi connectivity index (χ4n) is 2.04. The zero-order valence-corrected chi connectivity index (χ0v) is 8.55. The summed E-state index contributed by atoms with van der Waals surface area (Å²) in [5.74, 6) is 0.934. The molecule has 0 aromatic heterocycles. The molecule has 0 saturated heterocycles. The molecule has 0 aromatic rings. The van der Waals surface area contributed by atoms with E-state index in [0.717, 1.165) is 18.9 Å². The van der Waals surface area contributed by atoms with Crippen LogP contribution in [-0.2, 0) is 0 Å². The van der Waals surface area contributed by atoms with Gasteiger partial charge in [0.15, 0.2) is 0 Å². The molecule has 1 rings (SSSR count). The Morgan fingerprint density at radius 1 is 1.46 bits per heavy atom. The van der Waals surface area contributed by atoms with Crippen LogP contribution in [0, 0.1) is 17.2 Å². The molecule has 0 spiro atoms. The SMILES string of the molecule is CCC(C#N)NCCC1CCCC1. The van der Waals surface area contributed by atoms with E-state index < -0.39 is 0 Å². The number of nitrogens with one attached hydrogen (secondary N) is 1. The van der Waals surface area contributed by atoms with Gasteiger partial charge in [0, 0.05) is 0 Å². The minimum Gasteiger partial charge on any atom is -0.302 e. The van der Waals surface area contributed by atoms with Crippen LogP contribution in [0.4, 0.5) is 0 Å². The summed E-state index contributed by atoms with van der Waals surface area (Å²) in [6.45, 7) is 3.08. The standard InChI is InChI=1S/C11H20N2/c1-2-11(9-12)13-8-7-10-5-3-4-6-10/h10-11,13H,2-8H2,1H3. The molecule has 0 aliphatic heterocycles. The Bertz CT molecular complexity index is 165. The van der Waals surface area contributed by atoms with Crippen molar-refractivity contribution in [2.45, 2.75) is 51.5 Å². The summed E-state index contributed by atoms with van der Waals surface area (Å²) in [5, 5.41) is 12.0. The minimum atomic E-state index is 0.0707. The predicted molar refractivity (Wildman–Crippen MR) is 54.3 cm³/mol. The lowest BCUT2D eigenvalue weighted by Crippen LogP contribution is -2.28. The Balaban J connectivity index is 2.02. The number of rotatable bonds is 5. The molecule has 1 fully saturated rings. The molecular weight excluding hydrogens is 160 g/mol. The van der Waals surface area contributed by atoms with Crippen molar-refractivity contribution in [1.29, 1.82) is 5.26 Å². The van der Waals surface area contributed by atoms with E-state index in [4.69, 9.17) is 5.26 Å². The van der Waals surface area contributed by atoms with Gasteiger partial charge < -0.3 is 5.32 Å². The Kier molecular flexibility index (Phi) is 4.85. The molecule has 0 bridgehead atoms. The van der Waals surface area contributed by atoms with Gasteiger partial charge in [-0.3, -0.25) is 0 Å². The number of nitrogens with zero attached hydrogens (tertiary/aromatic N) is 1. The van der Waals surface area contributed by atoms with Crippen LogP contribution in [0.25, 0.3) is 0 Å². The average Bonchev–Trinajstić information content (AvgIpc) is 2.65. The summed E-state index contributed by atoms with van der Waals surface area (Å²) in [6.07, 6.45) is 7.83. The Morgan fingerprint density at radius 2 is 2.15 bits per heavy atom. The van der Waals surface area contributed by atoms with E-state index in [9.17, 15) is 0 Å². The molecule has 1 aliphatic carbocycles. The molecule has 1 saturated carbocycles. The van der Waals surface area contributed by atoms with E-state index in [1.54, 1.807) is 0 Å². The Morgan fingerprint density at radius 3 is 2.69 bits per heavy atom. The Hall–Kier alpha value is -0.550. The van der Waals surface area contributed by atoms with Gasteiger partial charge in [-0.2, -0.15) is 5.26 Å². The van der Waals surface area contributed by atoms with Crippen LogP contribution in [0.15, 0.2) is 0 Å². The van der Waals surface area contributed by atoms with Crippen LogP contribution < -0.4 is 5.32 Å². The first-order chi connectivity index (χ1) is 6.36. The van der Waals surface area contributed by atoms with Crippen LogP contribution >= 0.6 is 0 Å². The number of nitriles is 1. The van der Waals surface area contributed by atoms with E-state index >= 15 is 0 Å². The first-order valence-corrected chi connectivity index (χ1v) is 5.49. The zero-order chi connectivity index (χ0) is 9.52. The third-order valence-electron chi connectivity index (χ3n) is 2.98. The zero-order valence-electron chi connectivity index (χ0n) is 8.55. The van der Waals surface area contributed by atoms with Gasteiger partial charge in [0.1, 0.15) is 0 Å². The van der Waals surface area contributed by atoms with Crippen LogP contribution in [0.1, 0.15) is 45.4 Å². The minimum absolute atomic E-state index is 0.0707. The van der Waals surface area contributed by atoms with Crippen LogP contribution in [0.3, 0.4) is 0 Å². The van der Waals surface area contributed by atoms with Gasteiger partial charge in [0.2, 0.25) is 0 Å². The van der Waals surface area contributed by atoms with Gasteiger partial charge in [-0.15, -0.1) is 0 Å². The van der Waals surface area contributed by atoms with E-state index in [1.165, 1.54) is 32.1 Å². The van der Waals surface area contributed by atoms with E-state index in [1.807, 2.05) is 0 Å². The molecule has 0 aromatic carbocycles. The first-order valence-electron chi connectivity index (χ1n) is 5.49. The second-order valence-electron chi connectivity index (χ2n) is 3.98. The van der Waals surface area contributed by atoms with E-state index in [-0.39, 0.29) is 6.04 Å². The normalized spacial score (nSPS) is 20.0. The molecule has 0 amide bonds. The second-order valence-corrected chi connectivity index (χ2v) is 3.98. The van der Waals surface area contributed by atoms with Gasteiger partial charge in [-0.1, -0.05) is 32.6 Å². The molecule has 1 aliphatic rings. The van der Waals surface area contributed by atoms with Gasteiger partial charge in [-0.05, 0) is 25.3 Å². The third kappa shape index (κ3) is 3.78. The fraction of sp³-hybridized carbons (Fsp3) is 0.909. The Labute approximate surface area is 81.3 Å². The second kappa shape index (κ2) is 5.99. The summed E-state index contributed by atoms with van der Waals surface area (Å²) in [7, 11) is 0. The van der Waals surface area contributed by atoms with Crippen molar-refractivity contribution in [3.63, 3.8) is 0 Å². The number of hydrogen-bond donors (Lipinski definition) is 1. The highest BCUT2D eigenvalue weighted by Gasteiger charge is 2.14. The maximum atomic E-state index is 8.71. The van der Waals surface area contributed by atoms with Gasteiger partial charge in [0.25, 0.3) is 0 Å². The number of hydrogen-bond acceptors (Lipinski definition) is 2. The molecule has 1 unspecified atom stereocenters. The van der Waals surface area contributed by atoms with Crippen molar-refractivity contribution < 1.29 is 0 Å². The monoisotopic (exact) mass is 180 g/mol. The molecule has 74 valence electrons. The summed E-state index contributed by atoms with van der Waals surface area (Å²) in [6, 6.07) is 2.34. The predicted octanol–water partition coefficient (Wildman–Crippen LogP) is 2.46. The van der Waals surface area contributed by atoms with E-state index in [0.29, 0.717) is 0 Å². The lowest BCUT2D eigenvalue weighted by Gasteiger charge is -2.12. The molecule has 1 atom stereocenters. The summed E-state index contributed by atoms with van der Waals surface area (Å²) < 4.78 is 0. The van der Waals surface area contributed by atoms with Gasteiger partial charge in [0.05, 0.1) is 12.1 Å². The lowest BCUT2D eigenvalue weighted by atomic mass is 10.0. The average molecular weight is 180 g/mol. The van der Waals surface area contributed by atoms with Crippen molar-refractivity contribution in [3.05, 3.63) is 0 Å². The maximum absolute atomic E-state index is 8.71. The van der Waals surface area contributed by atoms with Gasteiger partial charge >= 0.3 is 0 Å².